The molecule has 0 atom stereocenters. The van der Waals surface area contributed by atoms with Gasteiger partial charge in [0.25, 0.3) is 0 Å². The Labute approximate surface area is 245 Å². The SMILES string of the molecule is CCC(CC)Cc1cc(B2OC(C)(C)C(C)(C)O2)cc2c(CC(CC)CC)cc(B3OC(C)(C)C(C)(C)O3)cc12. The molecule has 2 aromatic carbocycles. The molecule has 4 rings (SSSR count). The highest BCUT2D eigenvalue weighted by atomic mass is 16.7. The van der Waals surface area contributed by atoms with Crippen molar-refractivity contribution in [2.45, 2.75) is 144 Å². The fraction of sp³-hybridized carbons (Fsp3) is 0.706. The van der Waals surface area contributed by atoms with Crippen molar-refractivity contribution in [1.82, 2.24) is 0 Å². The number of hydrogen-bond acceptors (Lipinski definition) is 4. The summed E-state index contributed by atoms with van der Waals surface area (Å²) < 4.78 is 26.3. The Morgan fingerprint density at radius 2 is 0.775 bits per heavy atom. The largest absolute Gasteiger partial charge is 0.494 e. The number of benzene rings is 2. The minimum atomic E-state index is -0.376. The number of fused-ring (bicyclic) bond motifs is 1. The Bertz CT molecular complexity index is 1070. The third-order valence-corrected chi connectivity index (χ3v) is 10.7. The summed E-state index contributed by atoms with van der Waals surface area (Å²) in [7, 11) is -0.753. The third-order valence-electron chi connectivity index (χ3n) is 10.7. The van der Waals surface area contributed by atoms with Gasteiger partial charge in [-0.05, 0) is 113 Å². The summed E-state index contributed by atoms with van der Waals surface area (Å²) in [6.07, 6.45) is 6.72. The van der Waals surface area contributed by atoms with Crippen LogP contribution in [0.25, 0.3) is 10.8 Å². The van der Waals surface area contributed by atoms with Gasteiger partial charge in [-0.3, -0.25) is 0 Å². The predicted molar refractivity (Wildman–Crippen MR) is 171 cm³/mol. The quantitative estimate of drug-likeness (QED) is 0.290. The molecular formula is C34H54B2O4. The topological polar surface area (TPSA) is 36.9 Å². The van der Waals surface area contributed by atoms with Crippen LogP contribution in [-0.2, 0) is 31.5 Å². The molecule has 0 saturated carbocycles. The summed E-state index contributed by atoms with van der Waals surface area (Å²) in [6, 6.07) is 9.41. The summed E-state index contributed by atoms with van der Waals surface area (Å²) >= 11 is 0. The number of hydrogen-bond donors (Lipinski definition) is 0. The minimum absolute atomic E-state index is 0.374. The Balaban J connectivity index is 1.92. The second kappa shape index (κ2) is 11.4. The van der Waals surface area contributed by atoms with E-state index in [1.165, 1.54) is 21.9 Å². The van der Waals surface area contributed by atoms with Crippen molar-refractivity contribution in [1.29, 1.82) is 0 Å². The molecule has 0 radical (unpaired) electrons. The van der Waals surface area contributed by atoms with Crippen LogP contribution in [0.15, 0.2) is 24.3 Å². The van der Waals surface area contributed by atoms with E-state index in [1.54, 1.807) is 0 Å². The molecule has 0 amide bonds. The lowest BCUT2D eigenvalue weighted by molar-refractivity contribution is 0.00578. The van der Waals surface area contributed by atoms with Crippen LogP contribution >= 0.6 is 0 Å². The third kappa shape index (κ3) is 5.93. The van der Waals surface area contributed by atoms with E-state index < -0.39 is 0 Å². The van der Waals surface area contributed by atoms with E-state index in [0.29, 0.717) is 11.8 Å². The Hall–Kier alpha value is -1.33. The van der Waals surface area contributed by atoms with Crippen molar-refractivity contribution in [3.8, 4) is 0 Å². The molecule has 2 saturated heterocycles. The molecule has 4 nitrogen and oxygen atoms in total. The fourth-order valence-electron chi connectivity index (χ4n) is 6.01. The molecule has 0 N–H and O–H groups in total. The normalized spacial score (nSPS) is 21.4. The summed E-state index contributed by atoms with van der Waals surface area (Å²) in [4.78, 5) is 0. The molecule has 0 spiro atoms. The number of rotatable bonds is 10. The van der Waals surface area contributed by atoms with Gasteiger partial charge in [0.15, 0.2) is 0 Å². The average molecular weight is 548 g/mol. The Morgan fingerprint density at radius 1 is 0.500 bits per heavy atom. The van der Waals surface area contributed by atoms with Crippen molar-refractivity contribution >= 4 is 35.9 Å². The van der Waals surface area contributed by atoms with Crippen LogP contribution in [-0.4, -0.2) is 36.6 Å². The zero-order valence-electron chi connectivity index (χ0n) is 27.5. The molecule has 2 aromatic rings. The van der Waals surface area contributed by atoms with Gasteiger partial charge in [-0.2, -0.15) is 0 Å². The molecule has 220 valence electrons. The van der Waals surface area contributed by atoms with E-state index >= 15 is 0 Å². The lowest BCUT2D eigenvalue weighted by Gasteiger charge is -2.32. The predicted octanol–water partition coefficient (Wildman–Crippen LogP) is 7.40. The maximum atomic E-state index is 6.56. The summed E-state index contributed by atoms with van der Waals surface area (Å²) in [5, 5.41) is 2.64. The molecule has 6 heteroatoms. The van der Waals surface area contributed by atoms with Gasteiger partial charge in [0.2, 0.25) is 0 Å². The van der Waals surface area contributed by atoms with E-state index in [4.69, 9.17) is 18.6 Å². The van der Waals surface area contributed by atoms with Gasteiger partial charge in [-0.1, -0.05) is 77.6 Å². The average Bonchev–Trinajstić information content (AvgIpc) is 3.24. The summed E-state index contributed by atoms with van der Waals surface area (Å²) in [5.41, 5.74) is 3.51. The van der Waals surface area contributed by atoms with Gasteiger partial charge in [0, 0.05) is 0 Å². The highest BCUT2D eigenvalue weighted by Gasteiger charge is 2.53. The van der Waals surface area contributed by atoms with Crippen LogP contribution in [0.1, 0.15) is 120 Å². The molecule has 40 heavy (non-hydrogen) atoms. The van der Waals surface area contributed by atoms with Crippen LogP contribution in [0.2, 0.25) is 0 Å². The Morgan fingerprint density at radius 3 is 1.02 bits per heavy atom. The van der Waals surface area contributed by atoms with Crippen molar-refractivity contribution in [3.63, 3.8) is 0 Å². The molecule has 2 fully saturated rings. The molecule has 2 heterocycles. The van der Waals surface area contributed by atoms with Crippen LogP contribution < -0.4 is 10.9 Å². The van der Waals surface area contributed by atoms with Crippen molar-refractivity contribution in [2.24, 2.45) is 11.8 Å². The monoisotopic (exact) mass is 548 g/mol. The zero-order chi connectivity index (χ0) is 29.7. The zero-order valence-corrected chi connectivity index (χ0v) is 27.5. The molecule has 0 aromatic heterocycles. The van der Waals surface area contributed by atoms with Crippen LogP contribution in [0.5, 0.6) is 0 Å². The van der Waals surface area contributed by atoms with Gasteiger partial charge < -0.3 is 18.6 Å². The van der Waals surface area contributed by atoms with E-state index in [2.05, 4.69) is 107 Å². The van der Waals surface area contributed by atoms with E-state index in [-0.39, 0.29) is 36.6 Å². The van der Waals surface area contributed by atoms with E-state index in [0.717, 1.165) is 49.5 Å². The second-order valence-corrected chi connectivity index (χ2v) is 14.4. The highest BCUT2D eigenvalue weighted by molar-refractivity contribution is 6.63. The lowest BCUT2D eigenvalue weighted by Crippen LogP contribution is -2.41. The standard InChI is InChI=1S/C34H54B2O4/c1-13-23(14-2)17-25-19-27(35-37-31(5,6)32(7,8)38-35)22-30-26(18-24(15-3)16-4)20-28(21-29(25)30)36-39-33(9,10)34(11,12)40-36/h19-24H,13-18H2,1-12H3. The van der Waals surface area contributed by atoms with Gasteiger partial charge >= 0.3 is 14.2 Å². The van der Waals surface area contributed by atoms with Gasteiger partial charge in [-0.25, -0.2) is 0 Å². The van der Waals surface area contributed by atoms with Crippen LogP contribution in [0.3, 0.4) is 0 Å². The summed E-state index contributed by atoms with van der Waals surface area (Å²) in [6.45, 7) is 26.3. The first kappa shape index (κ1) is 31.6. The first-order chi connectivity index (χ1) is 18.6. The smallest absolute Gasteiger partial charge is 0.399 e. The lowest BCUT2D eigenvalue weighted by atomic mass is 9.72. The van der Waals surface area contributed by atoms with Crippen LogP contribution in [0, 0.1) is 11.8 Å². The summed E-state index contributed by atoms with van der Waals surface area (Å²) in [5.74, 6) is 1.25. The van der Waals surface area contributed by atoms with Gasteiger partial charge in [-0.15, -0.1) is 0 Å². The van der Waals surface area contributed by atoms with Crippen molar-refractivity contribution in [2.75, 3.05) is 0 Å². The van der Waals surface area contributed by atoms with Gasteiger partial charge in [0.05, 0.1) is 22.4 Å². The van der Waals surface area contributed by atoms with Crippen molar-refractivity contribution < 1.29 is 18.6 Å². The van der Waals surface area contributed by atoms with E-state index in [9.17, 15) is 0 Å². The highest BCUT2D eigenvalue weighted by Crippen LogP contribution is 2.39. The van der Waals surface area contributed by atoms with E-state index in [1.807, 2.05) is 0 Å². The fourth-order valence-corrected chi connectivity index (χ4v) is 6.01. The first-order valence-electron chi connectivity index (χ1n) is 15.9. The molecule has 0 bridgehead atoms. The minimum Gasteiger partial charge on any atom is -0.399 e. The molecule has 0 aliphatic carbocycles. The van der Waals surface area contributed by atoms with Gasteiger partial charge in [0.1, 0.15) is 0 Å². The van der Waals surface area contributed by atoms with Crippen molar-refractivity contribution in [3.05, 3.63) is 35.4 Å². The first-order valence-corrected chi connectivity index (χ1v) is 15.9. The maximum Gasteiger partial charge on any atom is 0.494 e. The maximum absolute atomic E-state index is 6.56. The molecule has 2 aliphatic rings. The molecule has 0 unspecified atom stereocenters. The molecule has 2 aliphatic heterocycles. The second-order valence-electron chi connectivity index (χ2n) is 14.4. The Kier molecular flexibility index (Phi) is 9.00. The van der Waals surface area contributed by atoms with Crippen LogP contribution in [0.4, 0.5) is 0 Å². The molecular weight excluding hydrogens is 494 g/mol.